The zero-order chi connectivity index (χ0) is 13.1. The topological polar surface area (TPSA) is 36.6 Å². The Hall–Kier alpha value is -1.74. The average Bonchev–Trinajstić information content (AvgIpc) is 2.75. The van der Waals surface area contributed by atoms with Crippen LogP contribution in [-0.4, -0.2) is 12.2 Å². The molecule has 2 rings (SSSR count). The van der Waals surface area contributed by atoms with Crippen LogP contribution in [0.1, 0.15) is 30.1 Å². The van der Waals surface area contributed by atoms with Crippen molar-refractivity contribution in [3.63, 3.8) is 0 Å². The number of nitrogens with zero attached hydrogens (tertiary/aromatic N) is 1. The van der Waals surface area contributed by atoms with Crippen molar-refractivity contribution in [1.82, 2.24) is 0 Å². The van der Waals surface area contributed by atoms with Crippen LogP contribution in [0.2, 0.25) is 0 Å². The fourth-order valence-corrected chi connectivity index (χ4v) is 1.90. The summed E-state index contributed by atoms with van der Waals surface area (Å²) < 4.78 is 5.56. The van der Waals surface area contributed by atoms with Crippen LogP contribution in [0.3, 0.4) is 0 Å². The number of aryl methyl sites for hydroxylation is 1. The minimum Gasteiger partial charge on any atom is -0.464 e. The van der Waals surface area contributed by atoms with Gasteiger partial charge in [-0.1, -0.05) is 12.1 Å². The summed E-state index contributed by atoms with van der Waals surface area (Å²) >= 11 is 0. The van der Waals surface area contributed by atoms with E-state index in [1.54, 1.807) is 6.92 Å². The van der Waals surface area contributed by atoms with Gasteiger partial charge in [0.2, 0.25) is 0 Å². The van der Waals surface area contributed by atoms with Crippen molar-refractivity contribution in [2.75, 3.05) is 11.9 Å². The summed E-state index contributed by atoms with van der Waals surface area (Å²) in [6, 6.07) is 11.9. The van der Waals surface area contributed by atoms with Crippen LogP contribution in [0.15, 0.2) is 40.8 Å². The van der Waals surface area contributed by atoms with Crippen molar-refractivity contribution in [2.45, 2.75) is 26.5 Å². The van der Waals surface area contributed by atoms with Crippen LogP contribution >= 0.6 is 0 Å². The van der Waals surface area contributed by atoms with E-state index in [2.05, 4.69) is 4.90 Å². The van der Waals surface area contributed by atoms with Crippen LogP contribution in [-0.2, 0) is 6.54 Å². The SMILES string of the molecule is Cc1ccc(CN(C)c2ccc([C@@H](C)O)cc2)o1. The number of aliphatic hydroxyl groups excluding tert-OH is 1. The minimum atomic E-state index is -0.419. The number of hydrogen-bond donors (Lipinski definition) is 1. The van der Waals surface area contributed by atoms with E-state index < -0.39 is 6.10 Å². The number of aliphatic hydroxyl groups is 1. The summed E-state index contributed by atoms with van der Waals surface area (Å²) in [5, 5.41) is 9.46. The van der Waals surface area contributed by atoms with Gasteiger partial charge in [-0.25, -0.2) is 0 Å². The molecule has 1 N–H and O–H groups in total. The molecule has 1 aromatic carbocycles. The molecule has 0 amide bonds. The van der Waals surface area contributed by atoms with Crippen molar-refractivity contribution < 1.29 is 9.52 Å². The minimum absolute atomic E-state index is 0.419. The molecule has 3 heteroatoms. The van der Waals surface area contributed by atoms with E-state index in [9.17, 15) is 5.11 Å². The van der Waals surface area contributed by atoms with Gasteiger partial charge in [-0.2, -0.15) is 0 Å². The Morgan fingerprint density at radius 2 is 1.83 bits per heavy atom. The Balaban J connectivity index is 2.06. The first-order valence-electron chi connectivity index (χ1n) is 6.11. The predicted molar refractivity (Wildman–Crippen MR) is 72.6 cm³/mol. The maximum absolute atomic E-state index is 9.46. The van der Waals surface area contributed by atoms with Gasteiger partial charge in [0.1, 0.15) is 11.5 Å². The smallest absolute Gasteiger partial charge is 0.123 e. The molecule has 18 heavy (non-hydrogen) atoms. The molecule has 0 radical (unpaired) electrons. The number of anilines is 1. The van der Waals surface area contributed by atoms with Crippen molar-refractivity contribution in [1.29, 1.82) is 0 Å². The summed E-state index contributed by atoms with van der Waals surface area (Å²) in [5.74, 6) is 1.89. The first kappa shape index (κ1) is 12.7. The Morgan fingerprint density at radius 1 is 1.17 bits per heavy atom. The lowest BCUT2D eigenvalue weighted by Crippen LogP contribution is -2.15. The maximum atomic E-state index is 9.46. The van der Waals surface area contributed by atoms with E-state index in [0.29, 0.717) is 0 Å². The summed E-state index contributed by atoms with van der Waals surface area (Å²) in [6.45, 7) is 4.45. The molecule has 1 heterocycles. The molecule has 96 valence electrons. The Bertz CT molecular complexity index is 499. The third kappa shape index (κ3) is 2.93. The van der Waals surface area contributed by atoms with Crippen LogP contribution in [0.4, 0.5) is 5.69 Å². The lowest BCUT2D eigenvalue weighted by atomic mass is 10.1. The highest BCUT2D eigenvalue weighted by Gasteiger charge is 2.06. The van der Waals surface area contributed by atoms with Gasteiger partial charge in [-0.15, -0.1) is 0 Å². The van der Waals surface area contributed by atoms with Gasteiger partial charge >= 0.3 is 0 Å². The van der Waals surface area contributed by atoms with Gasteiger partial charge in [0, 0.05) is 12.7 Å². The number of rotatable bonds is 4. The Labute approximate surface area is 108 Å². The van der Waals surface area contributed by atoms with Gasteiger partial charge in [0.15, 0.2) is 0 Å². The van der Waals surface area contributed by atoms with Gasteiger partial charge in [0.05, 0.1) is 12.6 Å². The lowest BCUT2D eigenvalue weighted by molar-refractivity contribution is 0.199. The lowest BCUT2D eigenvalue weighted by Gasteiger charge is -2.18. The monoisotopic (exact) mass is 245 g/mol. The van der Waals surface area contributed by atoms with E-state index in [-0.39, 0.29) is 0 Å². The van der Waals surface area contributed by atoms with Crippen LogP contribution in [0.5, 0.6) is 0 Å². The summed E-state index contributed by atoms with van der Waals surface area (Å²) in [5.41, 5.74) is 2.04. The third-order valence-electron chi connectivity index (χ3n) is 3.01. The molecule has 2 aromatic rings. The second-order valence-corrected chi connectivity index (χ2v) is 4.64. The molecule has 0 spiro atoms. The quantitative estimate of drug-likeness (QED) is 0.898. The molecule has 0 aliphatic carbocycles. The van der Waals surface area contributed by atoms with Crippen LogP contribution in [0.25, 0.3) is 0 Å². The molecule has 0 bridgehead atoms. The summed E-state index contributed by atoms with van der Waals surface area (Å²) in [6.07, 6.45) is -0.419. The van der Waals surface area contributed by atoms with Crippen molar-refractivity contribution in [3.8, 4) is 0 Å². The number of furan rings is 1. The van der Waals surface area contributed by atoms with E-state index in [0.717, 1.165) is 29.3 Å². The molecule has 0 aliphatic heterocycles. The van der Waals surface area contributed by atoms with Gasteiger partial charge in [0.25, 0.3) is 0 Å². The number of benzene rings is 1. The fourth-order valence-electron chi connectivity index (χ4n) is 1.90. The largest absolute Gasteiger partial charge is 0.464 e. The molecule has 0 saturated carbocycles. The van der Waals surface area contributed by atoms with Crippen molar-refractivity contribution in [3.05, 3.63) is 53.5 Å². The van der Waals surface area contributed by atoms with Crippen molar-refractivity contribution >= 4 is 5.69 Å². The molecule has 0 fully saturated rings. The zero-order valence-corrected chi connectivity index (χ0v) is 11.1. The third-order valence-corrected chi connectivity index (χ3v) is 3.01. The first-order chi connectivity index (χ1) is 8.56. The normalized spacial score (nSPS) is 12.4. The first-order valence-corrected chi connectivity index (χ1v) is 6.11. The zero-order valence-electron chi connectivity index (χ0n) is 11.1. The molecular formula is C15H19NO2. The highest BCUT2D eigenvalue weighted by molar-refractivity contribution is 5.47. The second-order valence-electron chi connectivity index (χ2n) is 4.64. The molecular weight excluding hydrogens is 226 g/mol. The Morgan fingerprint density at radius 3 is 2.33 bits per heavy atom. The average molecular weight is 245 g/mol. The van der Waals surface area contributed by atoms with Crippen LogP contribution < -0.4 is 4.90 Å². The standard InChI is InChI=1S/C15H19NO2/c1-11-4-9-15(18-11)10-16(3)14-7-5-13(6-8-14)12(2)17/h4-9,12,17H,10H2,1-3H3/t12-/m1/s1. The number of hydrogen-bond acceptors (Lipinski definition) is 3. The predicted octanol–water partition coefficient (Wildman–Crippen LogP) is 3.28. The van der Waals surface area contributed by atoms with E-state index >= 15 is 0 Å². The van der Waals surface area contributed by atoms with E-state index in [1.807, 2.05) is 50.4 Å². The van der Waals surface area contributed by atoms with E-state index in [4.69, 9.17) is 4.42 Å². The molecule has 1 atom stereocenters. The molecule has 0 saturated heterocycles. The fraction of sp³-hybridized carbons (Fsp3) is 0.333. The molecule has 0 unspecified atom stereocenters. The van der Waals surface area contributed by atoms with Gasteiger partial charge in [-0.05, 0) is 43.7 Å². The molecule has 3 nitrogen and oxygen atoms in total. The highest BCUT2D eigenvalue weighted by Crippen LogP contribution is 2.20. The molecule has 0 aliphatic rings. The summed E-state index contributed by atoms with van der Waals surface area (Å²) in [7, 11) is 2.02. The van der Waals surface area contributed by atoms with Crippen molar-refractivity contribution in [2.24, 2.45) is 0 Å². The maximum Gasteiger partial charge on any atom is 0.123 e. The highest BCUT2D eigenvalue weighted by atomic mass is 16.3. The van der Waals surface area contributed by atoms with Crippen LogP contribution in [0, 0.1) is 6.92 Å². The van der Waals surface area contributed by atoms with Gasteiger partial charge < -0.3 is 14.4 Å². The molecule has 1 aromatic heterocycles. The Kier molecular flexibility index (Phi) is 3.72. The summed E-state index contributed by atoms with van der Waals surface area (Å²) in [4.78, 5) is 2.12. The van der Waals surface area contributed by atoms with Gasteiger partial charge in [-0.3, -0.25) is 0 Å². The second kappa shape index (κ2) is 5.27. The van der Waals surface area contributed by atoms with E-state index in [1.165, 1.54) is 0 Å².